The molecule has 3 heteroatoms. The third-order valence-corrected chi connectivity index (χ3v) is 2.72. The van der Waals surface area contributed by atoms with Gasteiger partial charge >= 0.3 is 0 Å². The molecule has 0 amide bonds. The van der Waals surface area contributed by atoms with E-state index in [-0.39, 0.29) is 12.0 Å². The van der Waals surface area contributed by atoms with Crippen LogP contribution in [0.1, 0.15) is 32.3 Å². The molecule has 1 nitrogen and oxygen atoms in total. The molecule has 0 saturated carbocycles. The van der Waals surface area contributed by atoms with Crippen LogP contribution in [0.5, 0.6) is 0 Å². The molecule has 0 aliphatic rings. The zero-order chi connectivity index (χ0) is 12.1. The summed E-state index contributed by atoms with van der Waals surface area (Å²) < 4.78 is 25.5. The maximum Gasteiger partial charge on any atom is 0.159 e. The van der Waals surface area contributed by atoms with Gasteiger partial charge in [-0.2, -0.15) is 0 Å². The molecule has 1 atom stereocenters. The number of aliphatic hydroxyl groups excluding tert-OH is 1. The number of benzene rings is 1. The van der Waals surface area contributed by atoms with Crippen LogP contribution in [-0.2, 0) is 6.42 Å². The zero-order valence-electron chi connectivity index (χ0n) is 9.71. The molecular formula is C13H18F2O. The van der Waals surface area contributed by atoms with Crippen LogP contribution < -0.4 is 0 Å². The van der Waals surface area contributed by atoms with E-state index in [0.29, 0.717) is 12.8 Å². The standard InChI is InChI=1S/C13H18F2O/c1-9(2)13(16)5-3-4-10-6-7-11(14)12(15)8-10/h6-9,13,16H,3-5H2,1-2H3. The van der Waals surface area contributed by atoms with E-state index >= 15 is 0 Å². The first-order chi connectivity index (χ1) is 7.50. The Morgan fingerprint density at radius 3 is 2.44 bits per heavy atom. The second-order valence-corrected chi connectivity index (χ2v) is 4.45. The van der Waals surface area contributed by atoms with Crippen LogP contribution in [0, 0.1) is 17.6 Å². The van der Waals surface area contributed by atoms with Gasteiger partial charge in [-0.3, -0.25) is 0 Å². The molecule has 0 heterocycles. The largest absolute Gasteiger partial charge is 0.393 e. The fourth-order valence-corrected chi connectivity index (χ4v) is 1.54. The van der Waals surface area contributed by atoms with Crippen LogP contribution in [0.3, 0.4) is 0 Å². The van der Waals surface area contributed by atoms with Crippen LogP contribution in [0.25, 0.3) is 0 Å². The fourth-order valence-electron chi connectivity index (χ4n) is 1.54. The van der Waals surface area contributed by atoms with Gasteiger partial charge in [0.1, 0.15) is 0 Å². The molecular weight excluding hydrogens is 210 g/mol. The molecule has 0 aliphatic heterocycles. The van der Waals surface area contributed by atoms with Crippen molar-refractivity contribution in [2.24, 2.45) is 5.92 Å². The summed E-state index contributed by atoms with van der Waals surface area (Å²) in [5.74, 6) is -1.38. The highest BCUT2D eigenvalue weighted by molar-refractivity contribution is 5.17. The van der Waals surface area contributed by atoms with Gasteiger partial charge in [-0.25, -0.2) is 8.78 Å². The summed E-state index contributed by atoms with van der Waals surface area (Å²) in [5.41, 5.74) is 0.773. The highest BCUT2D eigenvalue weighted by Crippen LogP contribution is 2.14. The Hall–Kier alpha value is -0.960. The van der Waals surface area contributed by atoms with Crippen LogP contribution in [0.15, 0.2) is 18.2 Å². The monoisotopic (exact) mass is 228 g/mol. The first kappa shape index (κ1) is 13.1. The van der Waals surface area contributed by atoms with E-state index in [9.17, 15) is 13.9 Å². The van der Waals surface area contributed by atoms with Crippen molar-refractivity contribution >= 4 is 0 Å². The molecule has 1 unspecified atom stereocenters. The lowest BCUT2D eigenvalue weighted by molar-refractivity contribution is 0.114. The summed E-state index contributed by atoms with van der Waals surface area (Å²) in [6.07, 6.45) is 1.83. The molecule has 0 saturated heterocycles. The quantitative estimate of drug-likeness (QED) is 0.819. The summed E-state index contributed by atoms with van der Waals surface area (Å²) in [6, 6.07) is 3.95. The van der Waals surface area contributed by atoms with Crippen molar-refractivity contribution in [1.82, 2.24) is 0 Å². The van der Waals surface area contributed by atoms with Crippen LogP contribution >= 0.6 is 0 Å². The van der Waals surface area contributed by atoms with Crippen molar-refractivity contribution in [1.29, 1.82) is 0 Å². The predicted octanol–water partition coefficient (Wildman–Crippen LogP) is 3.30. The molecule has 16 heavy (non-hydrogen) atoms. The van der Waals surface area contributed by atoms with Crippen molar-refractivity contribution in [3.05, 3.63) is 35.4 Å². The Labute approximate surface area is 95.1 Å². The molecule has 0 radical (unpaired) electrons. The van der Waals surface area contributed by atoms with Crippen molar-refractivity contribution in [2.45, 2.75) is 39.2 Å². The van der Waals surface area contributed by atoms with E-state index in [4.69, 9.17) is 0 Å². The number of halogens is 2. The topological polar surface area (TPSA) is 20.2 Å². The Bertz CT molecular complexity index is 337. The van der Waals surface area contributed by atoms with E-state index in [1.54, 1.807) is 6.07 Å². The molecule has 90 valence electrons. The predicted molar refractivity (Wildman–Crippen MR) is 60.1 cm³/mol. The number of rotatable bonds is 5. The molecule has 1 aromatic rings. The first-order valence-corrected chi connectivity index (χ1v) is 5.62. The molecule has 1 aromatic carbocycles. The maximum absolute atomic E-state index is 12.9. The molecule has 0 fully saturated rings. The Kier molecular flexibility index (Phi) is 4.87. The minimum atomic E-state index is -0.814. The lowest BCUT2D eigenvalue weighted by Gasteiger charge is -2.13. The van der Waals surface area contributed by atoms with E-state index in [2.05, 4.69) is 0 Å². The van der Waals surface area contributed by atoms with E-state index in [1.807, 2.05) is 13.8 Å². The molecule has 1 N–H and O–H groups in total. The summed E-state index contributed by atoms with van der Waals surface area (Å²) in [7, 11) is 0. The van der Waals surface area contributed by atoms with Crippen molar-refractivity contribution in [3.8, 4) is 0 Å². The van der Waals surface area contributed by atoms with Gasteiger partial charge in [-0.05, 0) is 42.9 Å². The average Bonchev–Trinajstić information content (AvgIpc) is 2.23. The summed E-state index contributed by atoms with van der Waals surface area (Å²) in [4.78, 5) is 0. The normalized spacial score (nSPS) is 13.1. The van der Waals surface area contributed by atoms with Gasteiger partial charge < -0.3 is 5.11 Å². The Balaban J connectivity index is 2.40. The van der Waals surface area contributed by atoms with Crippen molar-refractivity contribution in [3.63, 3.8) is 0 Å². The maximum atomic E-state index is 12.9. The molecule has 0 spiro atoms. The molecule has 0 aliphatic carbocycles. The summed E-state index contributed by atoms with van der Waals surface area (Å²) in [5, 5.41) is 9.57. The average molecular weight is 228 g/mol. The van der Waals surface area contributed by atoms with Gasteiger partial charge in [0.15, 0.2) is 11.6 Å². The second-order valence-electron chi connectivity index (χ2n) is 4.45. The third kappa shape index (κ3) is 3.89. The van der Waals surface area contributed by atoms with Crippen LogP contribution in [-0.4, -0.2) is 11.2 Å². The van der Waals surface area contributed by atoms with E-state index in [1.165, 1.54) is 6.07 Å². The van der Waals surface area contributed by atoms with Gasteiger partial charge in [0, 0.05) is 0 Å². The van der Waals surface area contributed by atoms with E-state index < -0.39 is 11.6 Å². The molecule has 0 bridgehead atoms. The number of hydrogen-bond acceptors (Lipinski definition) is 1. The Morgan fingerprint density at radius 2 is 1.88 bits per heavy atom. The summed E-state index contributed by atoms with van der Waals surface area (Å²) in [6.45, 7) is 3.92. The van der Waals surface area contributed by atoms with Gasteiger partial charge in [-0.1, -0.05) is 19.9 Å². The highest BCUT2D eigenvalue weighted by Gasteiger charge is 2.09. The van der Waals surface area contributed by atoms with Gasteiger partial charge in [0.2, 0.25) is 0 Å². The highest BCUT2D eigenvalue weighted by atomic mass is 19.2. The van der Waals surface area contributed by atoms with Gasteiger partial charge in [0.25, 0.3) is 0 Å². The summed E-state index contributed by atoms with van der Waals surface area (Å²) >= 11 is 0. The smallest absolute Gasteiger partial charge is 0.159 e. The van der Waals surface area contributed by atoms with Crippen molar-refractivity contribution < 1.29 is 13.9 Å². The first-order valence-electron chi connectivity index (χ1n) is 5.62. The van der Waals surface area contributed by atoms with Gasteiger partial charge in [-0.15, -0.1) is 0 Å². The van der Waals surface area contributed by atoms with Crippen molar-refractivity contribution in [2.75, 3.05) is 0 Å². The minimum Gasteiger partial charge on any atom is -0.393 e. The fraction of sp³-hybridized carbons (Fsp3) is 0.538. The van der Waals surface area contributed by atoms with E-state index in [0.717, 1.165) is 18.1 Å². The number of aliphatic hydroxyl groups is 1. The lowest BCUT2D eigenvalue weighted by atomic mass is 9.99. The molecule has 0 aromatic heterocycles. The zero-order valence-corrected chi connectivity index (χ0v) is 9.71. The second kappa shape index (κ2) is 5.94. The SMILES string of the molecule is CC(C)C(O)CCCc1ccc(F)c(F)c1. The third-order valence-electron chi connectivity index (χ3n) is 2.72. The van der Waals surface area contributed by atoms with Gasteiger partial charge in [0.05, 0.1) is 6.10 Å². The molecule has 1 rings (SSSR count). The number of aryl methyl sites for hydroxylation is 1. The van der Waals surface area contributed by atoms with Crippen LogP contribution in [0.4, 0.5) is 8.78 Å². The van der Waals surface area contributed by atoms with Crippen LogP contribution in [0.2, 0.25) is 0 Å². The minimum absolute atomic E-state index is 0.241. The Morgan fingerprint density at radius 1 is 1.19 bits per heavy atom. The number of hydrogen-bond donors (Lipinski definition) is 1. The lowest BCUT2D eigenvalue weighted by Crippen LogP contribution is -2.14.